The van der Waals surface area contributed by atoms with Crippen LogP contribution >= 0.6 is 0 Å². The van der Waals surface area contributed by atoms with Gasteiger partial charge in [0.2, 0.25) is 0 Å². The highest BCUT2D eigenvalue weighted by molar-refractivity contribution is 5.78. The maximum Gasteiger partial charge on any atom is 0.178 e. The van der Waals surface area contributed by atoms with Crippen LogP contribution in [0.5, 0.6) is 0 Å². The number of aryl methyl sites for hydroxylation is 1. The zero-order chi connectivity index (χ0) is 15.2. The molecule has 0 spiro atoms. The van der Waals surface area contributed by atoms with Crippen LogP contribution in [-0.2, 0) is 0 Å². The predicted molar refractivity (Wildman–Crippen MR) is 73.2 cm³/mol. The number of anilines is 3. The van der Waals surface area contributed by atoms with E-state index in [1.807, 2.05) is 43.0 Å². The van der Waals surface area contributed by atoms with Gasteiger partial charge in [-0.1, -0.05) is 18.2 Å². The number of benzene rings is 1. The van der Waals surface area contributed by atoms with Gasteiger partial charge in [-0.2, -0.15) is 0 Å². The molecule has 1 aromatic heterocycles. The van der Waals surface area contributed by atoms with Crippen molar-refractivity contribution in [3.63, 3.8) is 0 Å². The second-order valence-corrected chi connectivity index (χ2v) is 4.36. The van der Waals surface area contributed by atoms with Crippen LogP contribution < -0.4 is 9.80 Å². The second-order valence-electron chi connectivity index (χ2n) is 4.36. The van der Waals surface area contributed by atoms with E-state index in [2.05, 4.69) is 9.97 Å². The Kier molecular flexibility index (Phi) is 1.79. The van der Waals surface area contributed by atoms with Gasteiger partial charge < -0.3 is 9.80 Å². The summed E-state index contributed by atoms with van der Waals surface area (Å²) in [6.45, 7) is 1.58. The van der Waals surface area contributed by atoms with Gasteiger partial charge in [0, 0.05) is 29.2 Å². The van der Waals surface area contributed by atoms with Gasteiger partial charge in [-0.05, 0) is 25.5 Å². The molecule has 3 rings (SSSR count). The van der Waals surface area contributed by atoms with Gasteiger partial charge in [0.05, 0.1) is 0 Å². The molecule has 2 heterocycles. The summed E-state index contributed by atoms with van der Waals surface area (Å²) >= 11 is 0. The molecule has 1 atom stereocenters. The van der Waals surface area contributed by atoms with Gasteiger partial charge in [-0.15, -0.1) is 0 Å². The SMILES string of the molecule is [2H]C([2H])([2H])N1c2nccnc2N(c2ccccc2C)C1C. The van der Waals surface area contributed by atoms with E-state index in [4.69, 9.17) is 4.11 Å². The Labute approximate surface area is 111 Å². The molecule has 2 aromatic rings. The minimum atomic E-state index is -2.26. The Morgan fingerprint density at radius 3 is 2.61 bits per heavy atom. The molecule has 1 aromatic carbocycles. The Hall–Kier alpha value is -2.10. The first-order chi connectivity index (χ1) is 9.91. The molecule has 92 valence electrons. The number of fused-ring (bicyclic) bond motifs is 1. The van der Waals surface area contributed by atoms with E-state index in [0.29, 0.717) is 11.6 Å². The van der Waals surface area contributed by atoms with Crippen LogP contribution in [0.2, 0.25) is 0 Å². The maximum atomic E-state index is 7.76. The molecule has 0 fully saturated rings. The summed E-state index contributed by atoms with van der Waals surface area (Å²) in [4.78, 5) is 11.8. The van der Waals surface area contributed by atoms with E-state index in [1.54, 1.807) is 6.20 Å². The summed E-state index contributed by atoms with van der Waals surface area (Å²) in [5.41, 5.74) is 2.01. The Morgan fingerprint density at radius 2 is 1.89 bits per heavy atom. The van der Waals surface area contributed by atoms with E-state index >= 15 is 0 Å². The van der Waals surface area contributed by atoms with Crippen LogP contribution in [0.3, 0.4) is 0 Å². The molecule has 0 aliphatic carbocycles. The highest BCUT2D eigenvalue weighted by Crippen LogP contribution is 2.40. The lowest BCUT2D eigenvalue weighted by atomic mass is 10.2. The molecule has 0 N–H and O–H groups in total. The van der Waals surface area contributed by atoms with E-state index in [0.717, 1.165) is 11.3 Å². The van der Waals surface area contributed by atoms with Crippen molar-refractivity contribution in [2.45, 2.75) is 20.0 Å². The van der Waals surface area contributed by atoms with Gasteiger partial charge in [-0.25, -0.2) is 9.97 Å². The highest BCUT2D eigenvalue weighted by Gasteiger charge is 2.34. The predicted octanol–water partition coefficient (Wildman–Crippen LogP) is 2.72. The summed E-state index contributed by atoms with van der Waals surface area (Å²) in [7, 11) is 0. The zero-order valence-electron chi connectivity index (χ0n) is 13.3. The first-order valence-corrected chi connectivity index (χ1v) is 5.86. The van der Waals surface area contributed by atoms with Crippen molar-refractivity contribution < 1.29 is 4.11 Å². The minimum Gasteiger partial charge on any atom is -0.336 e. The fourth-order valence-corrected chi connectivity index (χ4v) is 2.28. The summed E-state index contributed by atoms with van der Waals surface area (Å²) in [6, 6.07) is 7.85. The van der Waals surface area contributed by atoms with Crippen LogP contribution in [-0.4, -0.2) is 23.1 Å². The second kappa shape index (κ2) is 3.98. The van der Waals surface area contributed by atoms with Crippen molar-refractivity contribution in [2.75, 3.05) is 16.8 Å². The first kappa shape index (κ1) is 8.08. The van der Waals surface area contributed by atoms with Gasteiger partial charge >= 0.3 is 0 Å². The Bertz CT molecular complexity index is 671. The van der Waals surface area contributed by atoms with Gasteiger partial charge in [-0.3, -0.25) is 0 Å². The van der Waals surface area contributed by atoms with Crippen LogP contribution in [0, 0.1) is 6.92 Å². The van der Waals surface area contributed by atoms with E-state index in [9.17, 15) is 0 Å². The van der Waals surface area contributed by atoms with E-state index in [1.165, 1.54) is 11.1 Å². The van der Waals surface area contributed by atoms with Crippen molar-refractivity contribution in [1.29, 1.82) is 0 Å². The van der Waals surface area contributed by atoms with Gasteiger partial charge in [0.15, 0.2) is 11.6 Å². The topological polar surface area (TPSA) is 32.3 Å². The third-order valence-corrected chi connectivity index (χ3v) is 3.24. The standard InChI is InChI=1S/C14H16N4/c1-10-6-4-5-7-12(10)18-11(2)17(3)13-14(18)16-9-8-15-13/h4-9,11H,1-3H3/i3D3. The number of hydrogen-bond donors (Lipinski definition) is 0. The fraction of sp³-hybridized carbons (Fsp3) is 0.286. The summed E-state index contributed by atoms with van der Waals surface area (Å²) in [6.07, 6.45) is 2.72. The number of rotatable bonds is 1. The molecule has 0 bridgehead atoms. The third kappa shape index (κ3) is 1.45. The average molecular weight is 243 g/mol. The van der Waals surface area contributed by atoms with E-state index in [-0.39, 0.29) is 6.17 Å². The fourth-order valence-electron chi connectivity index (χ4n) is 2.28. The maximum absolute atomic E-state index is 7.76. The smallest absolute Gasteiger partial charge is 0.178 e. The average Bonchev–Trinajstić information content (AvgIpc) is 2.71. The Balaban J connectivity index is 2.18. The summed E-state index contributed by atoms with van der Waals surface area (Å²) in [5.74, 6) is 0.976. The molecule has 18 heavy (non-hydrogen) atoms. The van der Waals surface area contributed by atoms with Crippen LogP contribution in [0.4, 0.5) is 17.3 Å². The van der Waals surface area contributed by atoms with Crippen molar-refractivity contribution >= 4 is 17.3 Å². The Morgan fingerprint density at radius 1 is 1.17 bits per heavy atom. The molecule has 1 aliphatic rings. The molecule has 0 amide bonds. The number of aromatic nitrogens is 2. The molecule has 0 saturated carbocycles. The van der Waals surface area contributed by atoms with Crippen LogP contribution in [0.25, 0.3) is 0 Å². The molecule has 1 aliphatic heterocycles. The van der Waals surface area contributed by atoms with Crippen molar-refractivity contribution in [3.8, 4) is 0 Å². The quantitative estimate of drug-likeness (QED) is 0.771. The molecule has 1 unspecified atom stereocenters. The third-order valence-electron chi connectivity index (χ3n) is 3.24. The van der Waals surface area contributed by atoms with Crippen LogP contribution in [0.1, 0.15) is 16.6 Å². The van der Waals surface area contributed by atoms with Crippen molar-refractivity contribution in [1.82, 2.24) is 9.97 Å². The van der Waals surface area contributed by atoms with Gasteiger partial charge in [0.25, 0.3) is 0 Å². The lowest BCUT2D eigenvalue weighted by Gasteiger charge is -2.27. The zero-order valence-corrected chi connectivity index (χ0v) is 10.3. The van der Waals surface area contributed by atoms with Crippen molar-refractivity contribution in [3.05, 3.63) is 42.2 Å². The lowest BCUT2D eigenvalue weighted by molar-refractivity contribution is 0.726. The number of nitrogens with zero attached hydrogens (tertiary/aromatic N) is 4. The normalized spacial score (nSPS) is 21.2. The molecular weight excluding hydrogens is 224 g/mol. The van der Waals surface area contributed by atoms with Gasteiger partial charge in [0.1, 0.15) is 6.17 Å². The first-order valence-electron chi connectivity index (χ1n) is 7.36. The monoisotopic (exact) mass is 243 g/mol. The molecule has 0 radical (unpaired) electrons. The minimum absolute atomic E-state index is 0.379. The summed E-state index contributed by atoms with van der Waals surface area (Å²) in [5, 5.41) is 0. The molecular formula is C14H16N4. The summed E-state index contributed by atoms with van der Waals surface area (Å²) < 4.78 is 23.3. The number of hydrogen-bond acceptors (Lipinski definition) is 4. The van der Waals surface area contributed by atoms with Crippen molar-refractivity contribution in [2.24, 2.45) is 0 Å². The molecule has 4 nitrogen and oxygen atoms in total. The lowest BCUT2D eigenvalue weighted by Crippen LogP contribution is -2.36. The van der Waals surface area contributed by atoms with Crippen LogP contribution in [0.15, 0.2) is 36.7 Å². The van der Waals surface area contributed by atoms with E-state index < -0.39 is 6.98 Å². The largest absolute Gasteiger partial charge is 0.336 e. The number of para-hydroxylation sites is 1. The molecule has 4 heteroatoms. The molecule has 0 saturated heterocycles. The highest BCUT2D eigenvalue weighted by atomic mass is 15.4.